The van der Waals surface area contributed by atoms with Crippen molar-refractivity contribution in [2.75, 3.05) is 17.7 Å². The Labute approximate surface area is 155 Å². The lowest BCUT2D eigenvalue weighted by Crippen LogP contribution is -2.02. The lowest BCUT2D eigenvalue weighted by Gasteiger charge is -2.11. The highest BCUT2D eigenvalue weighted by molar-refractivity contribution is 9.10. The molecule has 6 heteroatoms. The minimum Gasteiger partial charge on any atom is -0.497 e. The molecule has 2 N–H and O–H groups in total. The van der Waals surface area contributed by atoms with E-state index in [2.05, 4.69) is 36.5 Å². The maximum absolute atomic E-state index is 5.25. The molecule has 0 atom stereocenters. The number of benzene rings is 2. The van der Waals surface area contributed by atoms with Crippen molar-refractivity contribution in [3.05, 3.63) is 64.3 Å². The standard InChI is InChI=1S/C19H19BrN4O/c1-12-9-15(7-8-17(12)20)23-19-21-13(2)10-18(24-19)22-14-5-4-6-16(11-14)25-3/h4-11H,1-3H3,(H2,21,22,23,24). The van der Waals surface area contributed by atoms with Gasteiger partial charge < -0.3 is 15.4 Å². The van der Waals surface area contributed by atoms with Crippen molar-refractivity contribution in [3.8, 4) is 5.75 Å². The number of hydrogen-bond donors (Lipinski definition) is 2. The summed E-state index contributed by atoms with van der Waals surface area (Å²) in [7, 11) is 1.65. The Kier molecular flexibility index (Phi) is 5.19. The number of methoxy groups -OCH3 is 1. The molecule has 0 saturated heterocycles. The Morgan fingerprint density at radius 3 is 2.48 bits per heavy atom. The van der Waals surface area contributed by atoms with Gasteiger partial charge in [0.1, 0.15) is 11.6 Å². The normalized spacial score (nSPS) is 10.4. The molecule has 0 spiro atoms. The maximum Gasteiger partial charge on any atom is 0.229 e. The topological polar surface area (TPSA) is 59.1 Å². The van der Waals surface area contributed by atoms with E-state index in [1.54, 1.807) is 7.11 Å². The van der Waals surface area contributed by atoms with Crippen LogP contribution in [-0.4, -0.2) is 17.1 Å². The van der Waals surface area contributed by atoms with Gasteiger partial charge in [0.2, 0.25) is 5.95 Å². The average Bonchev–Trinajstić information content (AvgIpc) is 2.58. The van der Waals surface area contributed by atoms with Crippen LogP contribution in [0.3, 0.4) is 0 Å². The fourth-order valence-corrected chi connectivity index (χ4v) is 2.64. The zero-order chi connectivity index (χ0) is 17.8. The predicted molar refractivity (Wildman–Crippen MR) is 105 cm³/mol. The number of rotatable bonds is 5. The van der Waals surface area contributed by atoms with Crippen LogP contribution in [0.1, 0.15) is 11.3 Å². The minimum atomic E-state index is 0.548. The van der Waals surface area contributed by atoms with Gasteiger partial charge in [-0.3, -0.25) is 0 Å². The monoisotopic (exact) mass is 398 g/mol. The molecule has 2 aromatic carbocycles. The summed E-state index contributed by atoms with van der Waals surface area (Å²) in [6, 6.07) is 15.6. The number of nitrogens with zero attached hydrogens (tertiary/aromatic N) is 2. The largest absolute Gasteiger partial charge is 0.497 e. The highest BCUT2D eigenvalue weighted by Gasteiger charge is 2.05. The van der Waals surface area contributed by atoms with Crippen LogP contribution in [0.15, 0.2) is 53.0 Å². The van der Waals surface area contributed by atoms with Crippen LogP contribution < -0.4 is 15.4 Å². The van der Waals surface area contributed by atoms with Gasteiger partial charge in [-0.1, -0.05) is 22.0 Å². The SMILES string of the molecule is COc1cccc(Nc2cc(C)nc(Nc3ccc(Br)c(C)c3)n2)c1. The maximum atomic E-state index is 5.25. The van der Waals surface area contributed by atoms with Gasteiger partial charge in [-0.25, -0.2) is 4.98 Å². The summed E-state index contributed by atoms with van der Waals surface area (Å²) < 4.78 is 6.32. The number of halogens is 1. The molecule has 3 rings (SSSR count). The zero-order valence-electron chi connectivity index (χ0n) is 14.3. The Morgan fingerprint density at radius 2 is 1.72 bits per heavy atom. The van der Waals surface area contributed by atoms with Crippen LogP contribution in [-0.2, 0) is 0 Å². The number of hydrogen-bond acceptors (Lipinski definition) is 5. The van der Waals surface area contributed by atoms with E-state index in [0.717, 1.165) is 38.7 Å². The van der Waals surface area contributed by atoms with Crippen LogP contribution >= 0.6 is 15.9 Å². The molecule has 0 aliphatic carbocycles. The third kappa shape index (κ3) is 4.48. The third-order valence-corrected chi connectivity index (χ3v) is 4.50. The molecule has 25 heavy (non-hydrogen) atoms. The highest BCUT2D eigenvalue weighted by atomic mass is 79.9. The number of aromatic nitrogens is 2. The minimum absolute atomic E-state index is 0.548. The lowest BCUT2D eigenvalue weighted by atomic mass is 10.2. The number of nitrogens with one attached hydrogen (secondary N) is 2. The summed E-state index contributed by atoms with van der Waals surface area (Å²) in [5, 5.41) is 6.54. The number of aryl methyl sites for hydroxylation is 2. The Hall–Kier alpha value is -2.60. The molecule has 0 bridgehead atoms. The first-order valence-corrected chi connectivity index (χ1v) is 8.63. The second-order valence-corrected chi connectivity index (χ2v) is 6.52. The fourth-order valence-electron chi connectivity index (χ4n) is 2.39. The van der Waals surface area contributed by atoms with Gasteiger partial charge in [0.05, 0.1) is 7.11 Å². The van der Waals surface area contributed by atoms with Crippen LogP contribution in [0.2, 0.25) is 0 Å². The smallest absolute Gasteiger partial charge is 0.229 e. The van der Waals surface area contributed by atoms with Crippen molar-refractivity contribution in [2.24, 2.45) is 0 Å². The summed E-state index contributed by atoms with van der Waals surface area (Å²) >= 11 is 3.51. The molecule has 5 nitrogen and oxygen atoms in total. The fraction of sp³-hybridized carbons (Fsp3) is 0.158. The predicted octanol–water partition coefficient (Wildman–Crippen LogP) is 5.35. The summed E-state index contributed by atoms with van der Waals surface area (Å²) in [6.07, 6.45) is 0. The molecular weight excluding hydrogens is 380 g/mol. The zero-order valence-corrected chi connectivity index (χ0v) is 15.9. The van der Waals surface area contributed by atoms with E-state index in [1.165, 1.54) is 0 Å². The van der Waals surface area contributed by atoms with Crippen molar-refractivity contribution < 1.29 is 4.74 Å². The number of anilines is 4. The quantitative estimate of drug-likeness (QED) is 0.606. The molecule has 0 radical (unpaired) electrons. The van der Waals surface area contributed by atoms with Crippen LogP contribution in [0, 0.1) is 13.8 Å². The van der Waals surface area contributed by atoms with E-state index in [-0.39, 0.29) is 0 Å². The Bertz CT molecular complexity index is 898. The summed E-state index contributed by atoms with van der Waals surface area (Å²) in [5.74, 6) is 2.06. The first-order chi connectivity index (χ1) is 12.0. The van der Waals surface area contributed by atoms with Gasteiger partial charge in [-0.15, -0.1) is 0 Å². The summed E-state index contributed by atoms with van der Waals surface area (Å²) in [4.78, 5) is 9.00. The van der Waals surface area contributed by atoms with Crippen molar-refractivity contribution in [1.82, 2.24) is 9.97 Å². The molecule has 0 fully saturated rings. The van der Waals surface area contributed by atoms with Crippen LogP contribution in [0.25, 0.3) is 0 Å². The van der Waals surface area contributed by atoms with Crippen molar-refractivity contribution in [3.63, 3.8) is 0 Å². The molecule has 1 heterocycles. The summed E-state index contributed by atoms with van der Waals surface area (Å²) in [5.41, 5.74) is 3.87. The van der Waals surface area contributed by atoms with Crippen molar-refractivity contribution in [1.29, 1.82) is 0 Å². The number of ether oxygens (including phenoxy) is 1. The molecule has 128 valence electrons. The van der Waals surface area contributed by atoms with E-state index in [4.69, 9.17) is 4.74 Å². The Balaban J connectivity index is 1.83. The molecule has 0 aliphatic heterocycles. The lowest BCUT2D eigenvalue weighted by molar-refractivity contribution is 0.415. The van der Waals surface area contributed by atoms with Crippen molar-refractivity contribution in [2.45, 2.75) is 13.8 Å². The van der Waals surface area contributed by atoms with Gasteiger partial charge in [0, 0.05) is 33.7 Å². The second kappa shape index (κ2) is 7.53. The van der Waals surface area contributed by atoms with Gasteiger partial charge in [0.15, 0.2) is 0 Å². The van der Waals surface area contributed by atoms with E-state index >= 15 is 0 Å². The first kappa shape index (κ1) is 17.2. The van der Waals surface area contributed by atoms with Crippen LogP contribution in [0.4, 0.5) is 23.1 Å². The highest BCUT2D eigenvalue weighted by Crippen LogP contribution is 2.24. The van der Waals surface area contributed by atoms with E-state index < -0.39 is 0 Å². The first-order valence-electron chi connectivity index (χ1n) is 7.83. The molecule has 0 aliphatic rings. The Morgan fingerprint density at radius 1 is 0.920 bits per heavy atom. The molecule has 0 amide bonds. The average molecular weight is 399 g/mol. The van der Waals surface area contributed by atoms with E-state index in [1.807, 2.05) is 62.4 Å². The van der Waals surface area contributed by atoms with E-state index in [9.17, 15) is 0 Å². The van der Waals surface area contributed by atoms with Gasteiger partial charge in [-0.2, -0.15) is 4.98 Å². The van der Waals surface area contributed by atoms with Gasteiger partial charge in [0.25, 0.3) is 0 Å². The van der Waals surface area contributed by atoms with E-state index in [0.29, 0.717) is 5.95 Å². The second-order valence-electron chi connectivity index (χ2n) is 5.66. The van der Waals surface area contributed by atoms with Gasteiger partial charge >= 0.3 is 0 Å². The van der Waals surface area contributed by atoms with Crippen LogP contribution in [0.5, 0.6) is 5.75 Å². The molecule has 0 saturated carbocycles. The van der Waals surface area contributed by atoms with Crippen molar-refractivity contribution >= 4 is 39.1 Å². The third-order valence-electron chi connectivity index (χ3n) is 3.61. The molecule has 0 unspecified atom stereocenters. The molecule has 1 aromatic heterocycles. The van der Waals surface area contributed by atoms with Gasteiger partial charge in [-0.05, 0) is 49.7 Å². The molecular formula is C19H19BrN4O. The summed E-state index contributed by atoms with van der Waals surface area (Å²) in [6.45, 7) is 3.98. The molecule has 3 aromatic rings.